The number of hydrogen-bond donors (Lipinski definition) is 1. The van der Waals surface area contributed by atoms with E-state index in [1.165, 1.54) is 51.6 Å². The Morgan fingerprint density at radius 1 is 0.781 bits per heavy atom. The predicted molar refractivity (Wildman–Crippen MR) is 127 cm³/mol. The van der Waals surface area contributed by atoms with Crippen molar-refractivity contribution < 1.29 is 9.59 Å². The Morgan fingerprint density at radius 3 is 2.09 bits per heavy atom. The van der Waals surface area contributed by atoms with Crippen LogP contribution in [0.3, 0.4) is 0 Å². The van der Waals surface area contributed by atoms with Gasteiger partial charge in [-0.05, 0) is 115 Å². The van der Waals surface area contributed by atoms with Crippen LogP contribution < -0.4 is 5.32 Å². The monoisotopic (exact) mass is 443 g/mol. The molecule has 2 saturated heterocycles. The highest BCUT2D eigenvalue weighted by molar-refractivity contribution is 5.86. The van der Waals surface area contributed by atoms with Crippen LogP contribution in [0, 0.1) is 35.0 Å². The molecule has 2 aliphatic heterocycles. The molecule has 0 aromatic rings. The molecule has 5 heteroatoms. The first kappa shape index (κ1) is 22.7. The topological polar surface area (TPSA) is 52.7 Å². The zero-order chi connectivity index (χ0) is 22.5. The van der Waals surface area contributed by atoms with Crippen molar-refractivity contribution >= 4 is 11.8 Å². The van der Waals surface area contributed by atoms with Crippen molar-refractivity contribution in [1.82, 2.24) is 15.1 Å². The van der Waals surface area contributed by atoms with Gasteiger partial charge in [-0.3, -0.25) is 9.59 Å². The van der Waals surface area contributed by atoms with Gasteiger partial charge in [0.2, 0.25) is 11.8 Å². The summed E-state index contributed by atoms with van der Waals surface area (Å²) in [5.74, 6) is 4.52. The number of nitrogens with zero attached hydrogens (tertiary/aromatic N) is 2. The summed E-state index contributed by atoms with van der Waals surface area (Å²) in [6, 6.07) is 0.273. The summed E-state index contributed by atoms with van der Waals surface area (Å²) in [5, 5.41) is 3.59. The zero-order valence-corrected chi connectivity index (χ0v) is 20.7. The minimum Gasteiger partial charge on any atom is -0.336 e. The van der Waals surface area contributed by atoms with Crippen LogP contribution in [-0.2, 0) is 9.59 Å². The molecule has 0 aromatic carbocycles. The number of amides is 2. The maximum absolute atomic E-state index is 13.5. The fourth-order valence-corrected chi connectivity index (χ4v) is 7.53. The number of fused-ring (bicyclic) bond motifs is 1. The van der Waals surface area contributed by atoms with Crippen molar-refractivity contribution in [2.24, 2.45) is 35.0 Å². The van der Waals surface area contributed by atoms with E-state index in [2.05, 4.69) is 35.9 Å². The molecule has 5 atom stereocenters. The second-order valence-corrected chi connectivity index (χ2v) is 12.4. The molecule has 5 nitrogen and oxygen atoms in total. The Labute approximate surface area is 195 Å². The molecule has 0 bridgehead atoms. The van der Waals surface area contributed by atoms with Gasteiger partial charge in [0.25, 0.3) is 0 Å². The van der Waals surface area contributed by atoms with Gasteiger partial charge >= 0.3 is 0 Å². The molecule has 3 aliphatic carbocycles. The number of nitrogens with one attached hydrogen (secondary N) is 1. The standard InChI is InChI=1S/C27H45N3O2/c1-18-17-30(26(32)27(3)11-12-27)19(2)16-29(18)25(31)21-6-4-20(5-7-21)22-8-9-24-15-28-13-10-23(24)14-22/h18-24,28H,4-17H2,1-3H3/t18-,19+,20?,21?,22?,23?,24?/m1/s1. The van der Waals surface area contributed by atoms with Crippen molar-refractivity contribution in [3.8, 4) is 0 Å². The quantitative estimate of drug-likeness (QED) is 0.715. The lowest BCUT2D eigenvalue weighted by Gasteiger charge is -2.47. The molecule has 3 saturated carbocycles. The number of rotatable bonds is 3. The molecule has 0 spiro atoms. The highest BCUT2D eigenvalue weighted by atomic mass is 16.2. The summed E-state index contributed by atoms with van der Waals surface area (Å²) in [7, 11) is 0. The third-order valence-electron chi connectivity index (χ3n) is 10.1. The van der Waals surface area contributed by atoms with E-state index in [0.29, 0.717) is 24.9 Å². The average molecular weight is 444 g/mol. The van der Waals surface area contributed by atoms with Gasteiger partial charge in [-0.25, -0.2) is 0 Å². The summed E-state index contributed by atoms with van der Waals surface area (Å²) in [5.41, 5.74) is -0.119. The first-order valence-corrected chi connectivity index (χ1v) is 13.7. The minimum absolute atomic E-state index is 0.119. The van der Waals surface area contributed by atoms with E-state index in [4.69, 9.17) is 0 Å². The van der Waals surface area contributed by atoms with Crippen LogP contribution in [0.4, 0.5) is 0 Å². The maximum atomic E-state index is 13.5. The third kappa shape index (κ3) is 4.35. The molecule has 2 amide bonds. The molecule has 5 aliphatic rings. The van der Waals surface area contributed by atoms with E-state index < -0.39 is 0 Å². The molecule has 5 fully saturated rings. The fraction of sp³-hybridized carbons (Fsp3) is 0.926. The fourth-order valence-electron chi connectivity index (χ4n) is 7.53. The van der Waals surface area contributed by atoms with Gasteiger partial charge in [0.05, 0.1) is 0 Å². The van der Waals surface area contributed by atoms with Gasteiger partial charge in [0.15, 0.2) is 0 Å². The van der Waals surface area contributed by atoms with Crippen molar-refractivity contribution in [2.75, 3.05) is 26.2 Å². The molecule has 2 heterocycles. The van der Waals surface area contributed by atoms with Crippen LogP contribution >= 0.6 is 0 Å². The SMILES string of the molecule is C[C@@H]1CN(C(=O)C2(C)CC2)[C@@H](C)CN1C(=O)C1CCC(C2CCC3CNCCC3C2)CC1. The van der Waals surface area contributed by atoms with Crippen LogP contribution in [0.15, 0.2) is 0 Å². The Bertz CT molecular complexity index is 712. The molecule has 32 heavy (non-hydrogen) atoms. The van der Waals surface area contributed by atoms with Crippen LogP contribution in [0.2, 0.25) is 0 Å². The van der Waals surface area contributed by atoms with Crippen molar-refractivity contribution in [2.45, 2.75) is 97.1 Å². The van der Waals surface area contributed by atoms with Crippen molar-refractivity contribution in [3.05, 3.63) is 0 Å². The van der Waals surface area contributed by atoms with E-state index >= 15 is 0 Å². The lowest BCUT2D eigenvalue weighted by Crippen LogP contribution is -2.61. The molecule has 3 unspecified atom stereocenters. The Balaban J connectivity index is 1.12. The number of piperidine rings is 1. The highest BCUT2D eigenvalue weighted by Gasteiger charge is 2.50. The van der Waals surface area contributed by atoms with Gasteiger partial charge in [-0.15, -0.1) is 0 Å². The second kappa shape index (κ2) is 8.92. The Hall–Kier alpha value is -1.10. The molecule has 0 radical (unpaired) electrons. The van der Waals surface area contributed by atoms with Gasteiger partial charge in [-0.1, -0.05) is 6.92 Å². The summed E-state index contributed by atoms with van der Waals surface area (Å²) >= 11 is 0. The van der Waals surface area contributed by atoms with Crippen LogP contribution in [0.5, 0.6) is 0 Å². The third-order valence-corrected chi connectivity index (χ3v) is 10.1. The lowest BCUT2D eigenvalue weighted by molar-refractivity contribution is -0.151. The molecule has 0 aromatic heterocycles. The highest BCUT2D eigenvalue weighted by Crippen LogP contribution is 2.48. The van der Waals surface area contributed by atoms with E-state index in [1.54, 1.807) is 0 Å². The normalized spacial score (nSPS) is 41.7. The van der Waals surface area contributed by atoms with Crippen molar-refractivity contribution in [3.63, 3.8) is 0 Å². The summed E-state index contributed by atoms with van der Waals surface area (Å²) < 4.78 is 0. The molecular formula is C27H45N3O2. The number of hydrogen-bond acceptors (Lipinski definition) is 3. The maximum Gasteiger partial charge on any atom is 0.228 e. The van der Waals surface area contributed by atoms with E-state index in [1.807, 2.05) is 0 Å². The van der Waals surface area contributed by atoms with Crippen LogP contribution in [0.25, 0.3) is 0 Å². The first-order valence-electron chi connectivity index (χ1n) is 13.7. The average Bonchev–Trinajstić information content (AvgIpc) is 3.57. The van der Waals surface area contributed by atoms with Gasteiger partial charge in [-0.2, -0.15) is 0 Å². The zero-order valence-electron chi connectivity index (χ0n) is 20.7. The molecular weight excluding hydrogens is 398 g/mol. The van der Waals surface area contributed by atoms with Gasteiger partial charge < -0.3 is 15.1 Å². The number of piperazine rings is 1. The number of carbonyl (C=O) groups is 2. The number of carbonyl (C=O) groups excluding carboxylic acids is 2. The van der Waals surface area contributed by atoms with E-state index in [0.717, 1.165) is 49.4 Å². The predicted octanol–water partition coefficient (Wildman–Crippen LogP) is 4.07. The summed E-state index contributed by atoms with van der Waals surface area (Å²) in [6.07, 6.45) is 12.3. The van der Waals surface area contributed by atoms with Gasteiger partial charge in [0, 0.05) is 36.5 Å². The minimum atomic E-state index is -0.119. The second-order valence-electron chi connectivity index (χ2n) is 12.4. The largest absolute Gasteiger partial charge is 0.336 e. The van der Waals surface area contributed by atoms with Gasteiger partial charge in [0.1, 0.15) is 0 Å². The molecule has 1 N–H and O–H groups in total. The lowest BCUT2D eigenvalue weighted by atomic mass is 9.64. The summed E-state index contributed by atoms with van der Waals surface area (Å²) in [4.78, 5) is 30.6. The first-order chi connectivity index (χ1) is 15.4. The Kier molecular flexibility index (Phi) is 6.32. The molecule has 180 valence electrons. The van der Waals surface area contributed by atoms with Crippen LogP contribution in [0.1, 0.15) is 85.0 Å². The van der Waals surface area contributed by atoms with Crippen LogP contribution in [-0.4, -0.2) is 59.9 Å². The van der Waals surface area contributed by atoms with E-state index in [9.17, 15) is 9.59 Å². The summed E-state index contributed by atoms with van der Waals surface area (Å²) in [6.45, 7) is 10.2. The Morgan fingerprint density at radius 2 is 1.38 bits per heavy atom. The van der Waals surface area contributed by atoms with Crippen molar-refractivity contribution in [1.29, 1.82) is 0 Å². The van der Waals surface area contributed by atoms with E-state index in [-0.39, 0.29) is 23.4 Å². The molecule has 5 rings (SSSR count). The smallest absolute Gasteiger partial charge is 0.228 e.